The first-order valence-electron chi connectivity index (χ1n) is 7.97. The molecule has 0 aromatic heterocycles. The van der Waals surface area contributed by atoms with E-state index in [1.54, 1.807) is 25.1 Å². The van der Waals surface area contributed by atoms with Gasteiger partial charge >= 0.3 is 6.18 Å². The third kappa shape index (κ3) is 5.01. The molecule has 0 aliphatic rings. The fourth-order valence-corrected chi connectivity index (χ4v) is 2.41. The van der Waals surface area contributed by atoms with E-state index < -0.39 is 29.0 Å². The maximum absolute atomic E-state index is 12.6. The molecule has 0 fully saturated rings. The SMILES string of the molecule is Cc1cc(Cl)ccc1NC(=O)C(C)(C)C(=O)Nc1ccc(C(F)(F)F)cc1. The zero-order chi connectivity index (χ0) is 20.4. The van der Waals surface area contributed by atoms with Crippen molar-refractivity contribution in [2.24, 2.45) is 5.41 Å². The topological polar surface area (TPSA) is 58.2 Å². The standard InChI is InChI=1S/C19H18ClF3N2O2/c1-11-10-13(20)6-9-15(11)25-17(27)18(2,3)16(26)24-14-7-4-12(5-8-14)19(21,22)23/h4-10H,1-3H3,(H,24,26)(H,25,27). The lowest BCUT2D eigenvalue weighted by Gasteiger charge is -2.23. The van der Waals surface area contributed by atoms with Gasteiger partial charge in [-0.1, -0.05) is 11.6 Å². The van der Waals surface area contributed by atoms with Crippen LogP contribution in [0.2, 0.25) is 5.02 Å². The van der Waals surface area contributed by atoms with E-state index in [0.29, 0.717) is 10.7 Å². The molecule has 2 N–H and O–H groups in total. The number of benzene rings is 2. The highest BCUT2D eigenvalue weighted by Crippen LogP contribution is 2.30. The summed E-state index contributed by atoms with van der Waals surface area (Å²) in [6.45, 7) is 4.61. The fraction of sp³-hybridized carbons (Fsp3) is 0.263. The van der Waals surface area contributed by atoms with Gasteiger partial charge in [0.1, 0.15) is 5.41 Å². The van der Waals surface area contributed by atoms with E-state index in [-0.39, 0.29) is 5.69 Å². The number of halogens is 4. The molecule has 0 saturated heterocycles. The van der Waals surface area contributed by atoms with Gasteiger partial charge in [0.15, 0.2) is 0 Å². The molecule has 8 heteroatoms. The van der Waals surface area contributed by atoms with Gasteiger partial charge in [-0.2, -0.15) is 13.2 Å². The number of alkyl halides is 3. The van der Waals surface area contributed by atoms with E-state index in [2.05, 4.69) is 10.6 Å². The Labute approximate surface area is 159 Å². The number of rotatable bonds is 4. The lowest BCUT2D eigenvalue weighted by molar-refractivity contribution is -0.137. The van der Waals surface area contributed by atoms with Gasteiger partial charge in [-0.05, 0) is 68.8 Å². The van der Waals surface area contributed by atoms with Crippen LogP contribution in [0.1, 0.15) is 25.0 Å². The van der Waals surface area contributed by atoms with E-state index >= 15 is 0 Å². The molecule has 0 aliphatic carbocycles. The molecule has 0 bridgehead atoms. The Bertz CT molecular complexity index is 862. The Hall–Kier alpha value is -2.54. The number of anilines is 2. The first kappa shape index (κ1) is 20.8. The minimum atomic E-state index is -4.46. The van der Waals surface area contributed by atoms with Gasteiger partial charge in [0.05, 0.1) is 5.56 Å². The van der Waals surface area contributed by atoms with Crippen molar-refractivity contribution in [3.8, 4) is 0 Å². The number of hydrogen-bond donors (Lipinski definition) is 2. The zero-order valence-corrected chi connectivity index (χ0v) is 15.6. The molecule has 0 spiro atoms. The third-order valence-corrected chi connectivity index (χ3v) is 4.28. The average molecular weight is 399 g/mol. The summed E-state index contributed by atoms with van der Waals surface area (Å²) in [6.07, 6.45) is -4.46. The first-order chi connectivity index (χ1) is 12.4. The van der Waals surface area contributed by atoms with E-state index in [0.717, 1.165) is 29.8 Å². The molecule has 2 amide bonds. The third-order valence-electron chi connectivity index (χ3n) is 4.04. The van der Waals surface area contributed by atoms with Crippen LogP contribution in [0.3, 0.4) is 0 Å². The monoisotopic (exact) mass is 398 g/mol. The number of aryl methyl sites for hydroxylation is 1. The Balaban J connectivity index is 2.10. The Kier molecular flexibility index (Phi) is 5.85. The van der Waals surface area contributed by atoms with Crippen LogP contribution in [0.5, 0.6) is 0 Å². The Morgan fingerprint density at radius 1 is 0.926 bits per heavy atom. The summed E-state index contributed by atoms with van der Waals surface area (Å²) >= 11 is 5.88. The van der Waals surface area contributed by atoms with Gasteiger partial charge in [0.2, 0.25) is 11.8 Å². The molecule has 0 saturated carbocycles. The predicted molar refractivity (Wildman–Crippen MR) is 98.7 cm³/mol. The average Bonchev–Trinajstić information content (AvgIpc) is 2.56. The molecular formula is C19H18ClF3N2O2. The van der Waals surface area contributed by atoms with Crippen LogP contribution in [0.4, 0.5) is 24.5 Å². The van der Waals surface area contributed by atoms with Crippen LogP contribution in [-0.2, 0) is 15.8 Å². The second-order valence-corrected chi connectivity index (χ2v) is 7.00. The second kappa shape index (κ2) is 7.60. The number of amides is 2. The van der Waals surface area contributed by atoms with Crippen LogP contribution in [0, 0.1) is 12.3 Å². The van der Waals surface area contributed by atoms with E-state index in [4.69, 9.17) is 11.6 Å². The summed E-state index contributed by atoms with van der Waals surface area (Å²) in [5.74, 6) is -1.20. The molecule has 144 valence electrons. The molecule has 0 heterocycles. The Morgan fingerprint density at radius 3 is 2.00 bits per heavy atom. The highest BCUT2D eigenvalue weighted by Gasteiger charge is 2.36. The molecule has 2 aromatic rings. The van der Waals surface area contributed by atoms with Gasteiger partial charge in [0, 0.05) is 16.4 Å². The second-order valence-electron chi connectivity index (χ2n) is 6.57. The van der Waals surface area contributed by atoms with Crippen LogP contribution in [0.15, 0.2) is 42.5 Å². The predicted octanol–water partition coefficient (Wildman–Crippen LogP) is 5.27. The maximum atomic E-state index is 12.6. The molecular weight excluding hydrogens is 381 g/mol. The minimum Gasteiger partial charge on any atom is -0.325 e. The molecule has 0 aliphatic heterocycles. The van der Waals surface area contributed by atoms with Crippen LogP contribution in [-0.4, -0.2) is 11.8 Å². The van der Waals surface area contributed by atoms with Crippen LogP contribution < -0.4 is 10.6 Å². The van der Waals surface area contributed by atoms with Crippen molar-refractivity contribution >= 4 is 34.8 Å². The number of carbonyl (C=O) groups is 2. The van der Waals surface area contributed by atoms with Crippen LogP contribution >= 0.6 is 11.6 Å². The summed E-state index contributed by atoms with van der Waals surface area (Å²) < 4.78 is 37.8. The smallest absolute Gasteiger partial charge is 0.325 e. The molecule has 2 aromatic carbocycles. The summed E-state index contributed by atoms with van der Waals surface area (Å²) in [4.78, 5) is 25.0. The summed E-state index contributed by atoms with van der Waals surface area (Å²) in [5.41, 5.74) is -0.878. The van der Waals surface area contributed by atoms with E-state index in [1.807, 2.05) is 0 Å². The van der Waals surface area contributed by atoms with Crippen molar-refractivity contribution in [1.29, 1.82) is 0 Å². The van der Waals surface area contributed by atoms with Gasteiger partial charge < -0.3 is 10.6 Å². The normalized spacial score (nSPS) is 11.8. The van der Waals surface area contributed by atoms with Gasteiger partial charge in [0.25, 0.3) is 0 Å². The number of carbonyl (C=O) groups excluding carboxylic acids is 2. The van der Waals surface area contributed by atoms with Gasteiger partial charge in [-0.15, -0.1) is 0 Å². The van der Waals surface area contributed by atoms with Crippen molar-refractivity contribution in [1.82, 2.24) is 0 Å². The van der Waals surface area contributed by atoms with Gasteiger partial charge in [-0.3, -0.25) is 9.59 Å². The maximum Gasteiger partial charge on any atom is 0.416 e. The molecule has 0 unspecified atom stereocenters. The highest BCUT2D eigenvalue weighted by molar-refractivity contribution is 6.30. The van der Waals surface area contributed by atoms with Crippen molar-refractivity contribution in [2.45, 2.75) is 26.9 Å². The van der Waals surface area contributed by atoms with Crippen molar-refractivity contribution in [3.05, 3.63) is 58.6 Å². The van der Waals surface area contributed by atoms with Gasteiger partial charge in [-0.25, -0.2) is 0 Å². The lowest BCUT2D eigenvalue weighted by atomic mass is 9.90. The first-order valence-corrected chi connectivity index (χ1v) is 8.35. The molecule has 0 radical (unpaired) electrons. The van der Waals surface area contributed by atoms with E-state index in [9.17, 15) is 22.8 Å². The molecule has 2 rings (SSSR count). The summed E-state index contributed by atoms with van der Waals surface area (Å²) in [7, 11) is 0. The lowest BCUT2D eigenvalue weighted by Crippen LogP contribution is -2.41. The largest absolute Gasteiger partial charge is 0.416 e. The molecule has 0 atom stereocenters. The van der Waals surface area contributed by atoms with Crippen LogP contribution in [0.25, 0.3) is 0 Å². The molecule has 27 heavy (non-hydrogen) atoms. The summed E-state index contributed by atoms with van der Waals surface area (Å²) in [6, 6.07) is 8.90. The highest BCUT2D eigenvalue weighted by atomic mass is 35.5. The fourth-order valence-electron chi connectivity index (χ4n) is 2.18. The molecule has 4 nitrogen and oxygen atoms in total. The number of hydrogen-bond acceptors (Lipinski definition) is 2. The quantitative estimate of drug-likeness (QED) is 0.689. The van der Waals surface area contributed by atoms with Crippen molar-refractivity contribution in [2.75, 3.05) is 10.6 Å². The van der Waals surface area contributed by atoms with E-state index in [1.165, 1.54) is 13.8 Å². The minimum absolute atomic E-state index is 0.163. The van der Waals surface area contributed by atoms with Crippen molar-refractivity contribution < 1.29 is 22.8 Å². The van der Waals surface area contributed by atoms with Crippen molar-refractivity contribution in [3.63, 3.8) is 0 Å². The summed E-state index contributed by atoms with van der Waals surface area (Å²) in [5, 5.41) is 5.65. The zero-order valence-electron chi connectivity index (χ0n) is 14.9. The Morgan fingerprint density at radius 2 is 1.48 bits per heavy atom. The number of nitrogens with one attached hydrogen (secondary N) is 2.